The molecule has 4 heteroatoms. The van der Waals surface area contributed by atoms with E-state index in [9.17, 15) is 4.79 Å². The molecule has 1 spiro atoms. The van der Waals surface area contributed by atoms with E-state index in [1.54, 1.807) is 0 Å². The third kappa shape index (κ3) is 1.77. The van der Waals surface area contributed by atoms with Crippen molar-refractivity contribution in [3.8, 4) is 0 Å². The van der Waals surface area contributed by atoms with Crippen LogP contribution in [0.2, 0.25) is 0 Å². The van der Waals surface area contributed by atoms with Crippen molar-refractivity contribution in [3.05, 3.63) is 29.8 Å². The second-order valence-electron chi connectivity index (χ2n) is 5.28. The lowest BCUT2D eigenvalue weighted by molar-refractivity contribution is 0.0601. The first-order valence-corrected chi connectivity index (χ1v) is 6.37. The number of nitrogens with one attached hydrogen (secondary N) is 1. The Bertz CT molecular complexity index is 469. The molecule has 0 radical (unpaired) electrons. The molecule has 2 heterocycles. The molecule has 1 N–H and O–H groups in total. The number of para-hydroxylation sites is 1. The molecular weight excluding hydrogens is 228 g/mol. The van der Waals surface area contributed by atoms with Crippen molar-refractivity contribution in [1.29, 1.82) is 0 Å². The lowest BCUT2D eigenvalue weighted by Crippen LogP contribution is -2.54. The summed E-state index contributed by atoms with van der Waals surface area (Å²) in [6.07, 6.45) is 1.20. The second kappa shape index (κ2) is 4.28. The highest BCUT2D eigenvalue weighted by atomic mass is 16.5. The van der Waals surface area contributed by atoms with Crippen LogP contribution in [0.15, 0.2) is 24.3 Å². The predicted molar refractivity (Wildman–Crippen MR) is 69.9 cm³/mol. The molecule has 0 aliphatic carbocycles. The van der Waals surface area contributed by atoms with Crippen LogP contribution in [-0.2, 0) is 4.74 Å². The summed E-state index contributed by atoms with van der Waals surface area (Å²) < 4.78 is 4.85. The zero-order valence-corrected chi connectivity index (χ0v) is 10.6. The van der Waals surface area contributed by atoms with E-state index < -0.39 is 0 Å². The van der Waals surface area contributed by atoms with Gasteiger partial charge in [-0.25, -0.2) is 4.79 Å². The van der Waals surface area contributed by atoms with Crippen molar-refractivity contribution in [2.75, 3.05) is 38.2 Å². The Hall–Kier alpha value is -1.55. The minimum absolute atomic E-state index is 0.252. The fraction of sp³-hybridized carbons (Fsp3) is 0.500. The summed E-state index contributed by atoms with van der Waals surface area (Å²) in [5.74, 6) is -0.252. The van der Waals surface area contributed by atoms with Crippen molar-refractivity contribution >= 4 is 11.7 Å². The molecule has 0 aromatic heterocycles. The van der Waals surface area contributed by atoms with Gasteiger partial charge in [0.15, 0.2) is 0 Å². The number of rotatable bonds is 2. The van der Waals surface area contributed by atoms with Gasteiger partial charge < -0.3 is 15.0 Å². The lowest BCUT2D eigenvalue weighted by atomic mass is 9.81. The highest BCUT2D eigenvalue weighted by Crippen LogP contribution is 2.37. The van der Waals surface area contributed by atoms with Gasteiger partial charge in [-0.3, -0.25) is 0 Å². The standard InChI is InChI=1S/C14H18N2O2/c1-18-13(17)11-4-2-3-5-12(11)16-7-6-14(10-16)8-15-9-14/h2-5,15H,6-10H2,1H3. The molecule has 0 bridgehead atoms. The van der Waals surface area contributed by atoms with E-state index in [0.29, 0.717) is 11.0 Å². The van der Waals surface area contributed by atoms with E-state index in [1.165, 1.54) is 13.5 Å². The van der Waals surface area contributed by atoms with Crippen LogP contribution in [-0.4, -0.2) is 39.3 Å². The molecule has 2 fully saturated rings. The average molecular weight is 246 g/mol. The topological polar surface area (TPSA) is 41.6 Å². The van der Waals surface area contributed by atoms with Crippen molar-refractivity contribution in [2.24, 2.45) is 5.41 Å². The Morgan fingerprint density at radius 2 is 2.17 bits per heavy atom. The van der Waals surface area contributed by atoms with E-state index in [0.717, 1.165) is 31.9 Å². The molecule has 3 rings (SSSR count). The monoisotopic (exact) mass is 246 g/mol. The van der Waals surface area contributed by atoms with Crippen LogP contribution < -0.4 is 10.2 Å². The molecule has 2 aliphatic heterocycles. The summed E-state index contributed by atoms with van der Waals surface area (Å²) in [6, 6.07) is 7.71. The molecule has 1 aromatic rings. The second-order valence-corrected chi connectivity index (χ2v) is 5.28. The molecule has 2 aliphatic rings. The Labute approximate surface area is 107 Å². The molecular formula is C14H18N2O2. The summed E-state index contributed by atoms with van der Waals surface area (Å²) >= 11 is 0. The first-order valence-electron chi connectivity index (χ1n) is 6.37. The van der Waals surface area contributed by atoms with Gasteiger partial charge in [-0.15, -0.1) is 0 Å². The van der Waals surface area contributed by atoms with Crippen molar-refractivity contribution < 1.29 is 9.53 Å². The number of esters is 1. The molecule has 0 saturated carbocycles. The van der Waals surface area contributed by atoms with Crippen LogP contribution >= 0.6 is 0 Å². The summed E-state index contributed by atoms with van der Waals surface area (Å²) in [5, 5.41) is 3.35. The number of methoxy groups -OCH3 is 1. The normalized spacial score (nSPS) is 20.8. The zero-order valence-electron chi connectivity index (χ0n) is 10.6. The lowest BCUT2D eigenvalue weighted by Gasteiger charge is -2.39. The van der Waals surface area contributed by atoms with Gasteiger partial charge in [-0.05, 0) is 18.6 Å². The number of hydrogen-bond acceptors (Lipinski definition) is 4. The molecule has 1 aromatic carbocycles. The molecule has 96 valence electrons. The maximum absolute atomic E-state index is 11.8. The van der Waals surface area contributed by atoms with Gasteiger partial charge in [0.2, 0.25) is 0 Å². The number of hydrogen-bond donors (Lipinski definition) is 1. The average Bonchev–Trinajstić information content (AvgIpc) is 2.83. The third-order valence-corrected chi connectivity index (χ3v) is 4.09. The summed E-state index contributed by atoms with van der Waals surface area (Å²) in [6.45, 7) is 4.26. The summed E-state index contributed by atoms with van der Waals surface area (Å²) in [7, 11) is 1.43. The van der Waals surface area contributed by atoms with Gasteiger partial charge in [-0.2, -0.15) is 0 Å². The minimum atomic E-state index is -0.252. The van der Waals surface area contributed by atoms with Crippen LogP contribution in [0.25, 0.3) is 0 Å². The van der Waals surface area contributed by atoms with Gasteiger partial charge in [-0.1, -0.05) is 12.1 Å². The third-order valence-electron chi connectivity index (χ3n) is 4.09. The summed E-state index contributed by atoms with van der Waals surface area (Å²) in [5.41, 5.74) is 2.11. The molecule has 4 nitrogen and oxygen atoms in total. The van der Waals surface area contributed by atoms with Gasteiger partial charge in [0.25, 0.3) is 0 Å². The van der Waals surface area contributed by atoms with E-state index in [1.807, 2.05) is 24.3 Å². The number of anilines is 1. The minimum Gasteiger partial charge on any atom is -0.465 e. The van der Waals surface area contributed by atoms with E-state index in [4.69, 9.17) is 4.74 Å². The quantitative estimate of drug-likeness (QED) is 0.798. The number of ether oxygens (including phenoxy) is 1. The zero-order chi connectivity index (χ0) is 12.6. The molecule has 2 saturated heterocycles. The smallest absolute Gasteiger partial charge is 0.339 e. The van der Waals surface area contributed by atoms with E-state index >= 15 is 0 Å². The Kier molecular flexibility index (Phi) is 2.74. The molecule has 0 unspecified atom stereocenters. The maximum Gasteiger partial charge on any atom is 0.339 e. The Morgan fingerprint density at radius 3 is 2.78 bits per heavy atom. The molecule has 0 amide bonds. The van der Waals surface area contributed by atoms with Crippen LogP contribution in [0.4, 0.5) is 5.69 Å². The fourth-order valence-corrected chi connectivity index (χ4v) is 2.94. The number of benzene rings is 1. The highest BCUT2D eigenvalue weighted by molar-refractivity contribution is 5.95. The van der Waals surface area contributed by atoms with Crippen LogP contribution in [0, 0.1) is 5.41 Å². The van der Waals surface area contributed by atoms with Gasteiger partial charge >= 0.3 is 5.97 Å². The molecule has 0 atom stereocenters. The fourth-order valence-electron chi connectivity index (χ4n) is 2.94. The SMILES string of the molecule is COC(=O)c1ccccc1N1CCC2(CNC2)C1. The van der Waals surface area contributed by atoms with Crippen molar-refractivity contribution in [1.82, 2.24) is 5.32 Å². The van der Waals surface area contributed by atoms with Gasteiger partial charge in [0.05, 0.1) is 18.4 Å². The number of carbonyl (C=O) groups is 1. The highest BCUT2D eigenvalue weighted by Gasteiger charge is 2.43. The van der Waals surface area contributed by atoms with E-state index in [2.05, 4.69) is 10.2 Å². The van der Waals surface area contributed by atoms with Crippen molar-refractivity contribution in [3.63, 3.8) is 0 Å². The van der Waals surface area contributed by atoms with Gasteiger partial charge in [0.1, 0.15) is 0 Å². The first-order chi connectivity index (χ1) is 8.74. The van der Waals surface area contributed by atoms with Crippen LogP contribution in [0.5, 0.6) is 0 Å². The van der Waals surface area contributed by atoms with Crippen LogP contribution in [0.3, 0.4) is 0 Å². The largest absolute Gasteiger partial charge is 0.465 e. The summed E-state index contributed by atoms with van der Waals surface area (Å²) in [4.78, 5) is 14.1. The van der Waals surface area contributed by atoms with E-state index in [-0.39, 0.29) is 5.97 Å². The van der Waals surface area contributed by atoms with Crippen LogP contribution in [0.1, 0.15) is 16.8 Å². The maximum atomic E-state index is 11.8. The van der Waals surface area contributed by atoms with Gasteiger partial charge in [0, 0.05) is 31.6 Å². The number of carbonyl (C=O) groups excluding carboxylic acids is 1. The Morgan fingerprint density at radius 1 is 1.39 bits per heavy atom. The Balaban J connectivity index is 1.86. The van der Waals surface area contributed by atoms with Crippen molar-refractivity contribution in [2.45, 2.75) is 6.42 Å². The molecule has 18 heavy (non-hydrogen) atoms. The first kappa shape index (κ1) is 11.5. The number of nitrogens with zero attached hydrogens (tertiary/aromatic N) is 1. The predicted octanol–water partition coefficient (Wildman–Crippen LogP) is 1.27.